The quantitative estimate of drug-likeness (QED) is 0.786. The molecule has 3 heteroatoms. The van der Waals surface area contributed by atoms with E-state index in [9.17, 15) is 0 Å². The van der Waals surface area contributed by atoms with E-state index in [0.717, 1.165) is 23.1 Å². The summed E-state index contributed by atoms with van der Waals surface area (Å²) >= 11 is 6.12. The SMILES string of the molecule is CCc1ccc2nc(C(C)C)c(Cl)nc2c1. The maximum absolute atomic E-state index is 6.12. The van der Waals surface area contributed by atoms with Crippen LogP contribution in [-0.2, 0) is 6.42 Å². The molecule has 0 fully saturated rings. The first-order valence-electron chi connectivity index (χ1n) is 5.58. The van der Waals surface area contributed by atoms with Gasteiger partial charge in [0.2, 0.25) is 0 Å². The Balaban J connectivity index is 2.64. The minimum Gasteiger partial charge on any atom is -0.248 e. The number of aromatic nitrogens is 2. The van der Waals surface area contributed by atoms with Crippen LogP contribution in [0.3, 0.4) is 0 Å². The second-order valence-corrected chi connectivity index (χ2v) is 4.59. The van der Waals surface area contributed by atoms with Gasteiger partial charge in [-0.3, -0.25) is 0 Å². The van der Waals surface area contributed by atoms with Crippen LogP contribution in [0.5, 0.6) is 0 Å². The highest BCUT2D eigenvalue weighted by Crippen LogP contribution is 2.23. The number of benzene rings is 1. The molecule has 0 radical (unpaired) electrons. The normalized spacial score (nSPS) is 11.3. The Morgan fingerprint density at radius 2 is 1.94 bits per heavy atom. The van der Waals surface area contributed by atoms with Crippen molar-refractivity contribution in [2.45, 2.75) is 33.1 Å². The lowest BCUT2D eigenvalue weighted by atomic mass is 10.1. The van der Waals surface area contributed by atoms with E-state index in [1.807, 2.05) is 6.07 Å². The molecule has 16 heavy (non-hydrogen) atoms. The summed E-state index contributed by atoms with van der Waals surface area (Å²) in [4.78, 5) is 8.96. The average molecular weight is 235 g/mol. The molecule has 2 aromatic rings. The van der Waals surface area contributed by atoms with Crippen molar-refractivity contribution in [3.63, 3.8) is 0 Å². The fourth-order valence-corrected chi connectivity index (χ4v) is 2.03. The van der Waals surface area contributed by atoms with E-state index in [0.29, 0.717) is 11.1 Å². The molecule has 1 heterocycles. The summed E-state index contributed by atoms with van der Waals surface area (Å²) in [6.07, 6.45) is 1.00. The fourth-order valence-electron chi connectivity index (χ4n) is 1.68. The van der Waals surface area contributed by atoms with Crippen molar-refractivity contribution in [3.8, 4) is 0 Å². The molecule has 84 valence electrons. The maximum atomic E-state index is 6.12. The molecule has 0 bridgehead atoms. The second kappa shape index (κ2) is 4.38. The van der Waals surface area contributed by atoms with E-state index in [1.165, 1.54) is 5.56 Å². The zero-order valence-corrected chi connectivity index (χ0v) is 10.5. The van der Waals surface area contributed by atoms with Gasteiger partial charge in [-0.2, -0.15) is 0 Å². The van der Waals surface area contributed by atoms with Crippen molar-refractivity contribution < 1.29 is 0 Å². The van der Waals surface area contributed by atoms with Gasteiger partial charge in [0.25, 0.3) is 0 Å². The summed E-state index contributed by atoms with van der Waals surface area (Å²) in [7, 11) is 0. The molecule has 0 aliphatic rings. The van der Waals surface area contributed by atoms with Crippen LogP contribution < -0.4 is 0 Å². The van der Waals surface area contributed by atoms with Crippen LogP contribution in [0.4, 0.5) is 0 Å². The Morgan fingerprint density at radius 1 is 1.19 bits per heavy atom. The molecule has 0 spiro atoms. The summed E-state index contributed by atoms with van der Waals surface area (Å²) in [5, 5.41) is 0.524. The molecule has 2 nitrogen and oxygen atoms in total. The van der Waals surface area contributed by atoms with Gasteiger partial charge in [-0.1, -0.05) is 38.4 Å². The Labute approximate surface area is 101 Å². The van der Waals surface area contributed by atoms with E-state index in [2.05, 4.69) is 42.9 Å². The van der Waals surface area contributed by atoms with Crippen molar-refractivity contribution in [3.05, 3.63) is 34.6 Å². The number of halogens is 1. The predicted molar refractivity (Wildman–Crippen MR) is 68.0 cm³/mol. The highest BCUT2D eigenvalue weighted by molar-refractivity contribution is 6.30. The van der Waals surface area contributed by atoms with E-state index >= 15 is 0 Å². The molecular formula is C13H15ClN2. The van der Waals surface area contributed by atoms with E-state index < -0.39 is 0 Å². The summed E-state index contributed by atoms with van der Waals surface area (Å²) < 4.78 is 0. The molecular weight excluding hydrogens is 220 g/mol. The summed E-state index contributed by atoms with van der Waals surface area (Å²) in [5.74, 6) is 0.301. The number of fused-ring (bicyclic) bond motifs is 1. The predicted octanol–water partition coefficient (Wildman–Crippen LogP) is 3.97. The smallest absolute Gasteiger partial charge is 0.151 e. The topological polar surface area (TPSA) is 25.8 Å². The van der Waals surface area contributed by atoms with Crippen LogP contribution in [0.2, 0.25) is 5.15 Å². The summed E-state index contributed by atoms with van der Waals surface area (Å²) in [6.45, 7) is 6.27. The molecule has 0 N–H and O–H groups in total. The van der Waals surface area contributed by atoms with Gasteiger partial charge in [0, 0.05) is 0 Å². The van der Waals surface area contributed by atoms with Crippen LogP contribution in [0.15, 0.2) is 18.2 Å². The third-order valence-corrected chi connectivity index (χ3v) is 2.94. The van der Waals surface area contributed by atoms with Gasteiger partial charge in [-0.05, 0) is 30.0 Å². The largest absolute Gasteiger partial charge is 0.248 e. The fraction of sp³-hybridized carbons (Fsp3) is 0.385. The molecule has 1 aromatic heterocycles. The van der Waals surface area contributed by atoms with Gasteiger partial charge in [0.05, 0.1) is 16.7 Å². The van der Waals surface area contributed by atoms with Gasteiger partial charge in [0.15, 0.2) is 5.15 Å². The maximum Gasteiger partial charge on any atom is 0.151 e. The van der Waals surface area contributed by atoms with Gasteiger partial charge < -0.3 is 0 Å². The molecule has 0 atom stereocenters. The monoisotopic (exact) mass is 234 g/mol. The lowest BCUT2D eigenvalue weighted by Crippen LogP contribution is -1.98. The highest BCUT2D eigenvalue weighted by Gasteiger charge is 2.10. The van der Waals surface area contributed by atoms with Gasteiger partial charge in [-0.15, -0.1) is 0 Å². The van der Waals surface area contributed by atoms with Gasteiger partial charge >= 0.3 is 0 Å². The first-order valence-corrected chi connectivity index (χ1v) is 5.95. The third kappa shape index (κ3) is 2.03. The van der Waals surface area contributed by atoms with Crippen LogP contribution in [0.25, 0.3) is 11.0 Å². The van der Waals surface area contributed by atoms with Crippen LogP contribution >= 0.6 is 11.6 Å². The molecule has 0 saturated heterocycles. The number of rotatable bonds is 2. The minimum absolute atomic E-state index is 0.301. The first kappa shape index (κ1) is 11.3. The van der Waals surface area contributed by atoms with E-state index in [4.69, 9.17) is 11.6 Å². The first-order chi connectivity index (χ1) is 7.61. The Hall–Kier alpha value is -1.15. The summed E-state index contributed by atoms with van der Waals surface area (Å²) in [6, 6.07) is 6.16. The standard InChI is InChI=1S/C13H15ClN2/c1-4-9-5-6-10-11(7-9)16-13(14)12(15-10)8(2)3/h5-8H,4H2,1-3H3. The van der Waals surface area contributed by atoms with E-state index in [-0.39, 0.29) is 0 Å². The molecule has 0 aliphatic carbocycles. The number of aryl methyl sites for hydroxylation is 1. The molecule has 2 rings (SSSR count). The minimum atomic E-state index is 0.301. The molecule has 0 unspecified atom stereocenters. The number of hydrogen-bond acceptors (Lipinski definition) is 2. The second-order valence-electron chi connectivity index (χ2n) is 4.23. The van der Waals surface area contributed by atoms with Crippen molar-refractivity contribution in [2.75, 3.05) is 0 Å². The number of hydrogen-bond donors (Lipinski definition) is 0. The average Bonchev–Trinajstić information content (AvgIpc) is 2.27. The Bertz CT molecular complexity index is 521. The molecule has 0 aliphatic heterocycles. The zero-order valence-electron chi connectivity index (χ0n) is 9.79. The van der Waals surface area contributed by atoms with Crippen LogP contribution in [0.1, 0.15) is 37.9 Å². The summed E-state index contributed by atoms with van der Waals surface area (Å²) in [5.41, 5.74) is 3.94. The van der Waals surface area contributed by atoms with Gasteiger partial charge in [0.1, 0.15) is 0 Å². The van der Waals surface area contributed by atoms with Crippen molar-refractivity contribution in [2.24, 2.45) is 0 Å². The molecule has 0 amide bonds. The van der Waals surface area contributed by atoms with Crippen molar-refractivity contribution in [1.29, 1.82) is 0 Å². The third-order valence-electron chi connectivity index (χ3n) is 2.67. The van der Waals surface area contributed by atoms with Gasteiger partial charge in [-0.25, -0.2) is 9.97 Å². The van der Waals surface area contributed by atoms with Crippen molar-refractivity contribution in [1.82, 2.24) is 9.97 Å². The Morgan fingerprint density at radius 3 is 2.56 bits per heavy atom. The molecule has 0 saturated carbocycles. The Kier molecular flexibility index (Phi) is 3.10. The van der Waals surface area contributed by atoms with Crippen molar-refractivity contribution >= 4 is 22.6 Å². The van der Waals surface area contributed by atoms with Crippen LogP contribution in [-0.4, -0.2) is 9.97 Å². The highest BCUT2D eigenvalue weighted by atomic mass is 35.5. The zero-order chi connectivity index (χ0) is 11.7. The van der Waals surface area contributed by atoms with E-state index in [1.54, 1.807) is 0 Å². The number of nitrogens with zero attached hydrogens (tertiary/aromatic N) is 2. The van der Waals surface area contributed by atoms with Crippen LogP contribution in [0, 0.1) is 0 Å². The molecule has 1 aromatic carbocycles. The lowest BCUT2D eigenvalue weighted by Gasteiger charge is -2.08. The lowest BCUT2D eigenvalue weighted by molar-refractivity contribution is 0.822.